The minimum Gasteiger partial charge on any atom is -0.133 e. The van der Waals surface area contributed by atoms with Gasteiger partial charge in [0, 0.05) is 15.6 Å². The normalized spacial score (nSPS) is 11.5. The molecule has 0 saturated heterocycles. The van der Waals surface area contributed by atoms with Crippen LogP contribution in [-0.4, -0.2) is 0 Å². The van der Waals surface area contributed by atoms with Gasteiger partial charge in [0.1, 0.15) is 0 Å². The quantitative estimate of drug-likeness (QED) is 0.189. The van der Waals surface area contributed by atoms with E-state index in [9.17, 15) is 0 Å². The first-order valence-electron chi connectivity index (χ1n) is 14.6. The maximum Gasteiger partial charge on any atom is 0.0524 e. The summed E-state index contributed by atoms with van der Waals surface area (Å²) >= 11 is 1.86. The Morgan fingerprint density at radius 2 is 0.953 bits per heavy atom. The van der Waals surface area contributed by atoms with Crippen molar-refractivity contribution < 1.29 is 0 Å². The molecule has 0 aliphatic rings. The molecule has 0 fully saturated rings. The summed E-state index contributed by atoms with van der Waals surface area (Å²) < 4.78 is 2.55. The molecular weight excluding hydrogens is 537 g/mol. The fourth-order valence-corrected chi connectivity index (χ4v) is 8.02. The van der Waals surface area contributed by atoms with E-state index in [1.54, 1.807) is 0 Å². The van der Waals surface area contributed by atoms with Crippen molar-refractivity contribution in [3.05, 3.63) is 158 Å². The molecule has 0 atom stereocenters. The van der Waals surface area contributed by atoms with E-state index in [1.807, 2.05) is 11.3 Å². The fourth-order valence-electron chi connectivity index (χ4n) is 6.69. The van der Waals surface area contributed by atoms with Gasteiger partial charge in [-0.15, -0.1) is 11.3 Å². The van der Waals surface area contributed by atoms with Crippen LogP contribution >= 0.6 is 11.3 Å². The molecule has 198 valence electrons. The number of thiophene rings is 1. The van der Waals surface area contributed by atoms with Gasteiger partial charge < -0.3 is 0 Å². The van der Waals surface area contributed by atoms with Crippen LogP contribution < -0.4 is 0 Å². The van der Waals surface area contributed by atoms with Gasteiger partial charge in [0.25, 0.3) is 0 Å². The molecule has 0 radical (unpaired) electrons. The van der Waals surface area contributed by atoms with E-state index >= 15 is 0 Å². The first-order valence-corrected chi connectivity index (χ1v) is 15.4. The number of benzene rings is 7. The van der Waals surface area contributed by atoms with Crippen LogP contribution in [0.5, 0.6) is 0 Å². The predicted molar refractivity (Wildman–Crippen MR) is 186 cm³/mol. The Labute approximate surface area is 254 Å². The molecule has 0 unspecified atom stereocenters. The highest BCUT2D eigenvalue weighted by Crippen LogP contribution is 2.43. The van der Waals surface area contributed by atoms with Crippen molar-refractivity contribution >= 4 is 63.8 Å². The summed E-state index contributed by atoms with van der Waals surface area (Å²) in [6.45, 7) is 0. The summed E-state index contributed by atoms with van der Waals surface area (Å²) in [5.41, 5.74) is 7.36. The Bertz CT molecular complexity index is 2460. The third-order valence-corrected chi connectivity index (χ3v) is 9.98. The average molecular weight is 561 g/mol. The van der Waals surface area contributed by atoms with Crippen LogP contribution in [0.25, 0.3) is 85.9 Å². The van der Waals surface area contributed by atoms with E-state index in [4.69, 9.17) is 0 Å². The summed E-state index contributed by atoms with van der Waals surface area (Å²) in [6, 6.07) is 59.5. The van der Waals surface area contributed by atoms with E-state index in [0.717, 1.165) is 5.39 Å². The van der Waals surface area contributed by atoms with Crippen LogP contribution in [0.1, 0.15) is 0 Å². The number of hydrogen-bond donors (Lipinski definition) is 0. The lowest BCUT2D eigenvalue weighted by Gasteiger charge is -2.12. The Balaban J connectivity index is 1.22. The minimum atomic E-state index is 1.15. The molecule has 0 N–H and O–H groups in total. The third-order valence-electron chi connectivity index (χ3n) is 8.71. The maximum absolute atomic E-state index is 3.43. The second kappa shape index (κ2) is 9.57. The van der Waals surface area contributed by atoms with Crippen molar-refractivity contribution in [2.75, 3.05) is 0 Å². The zero-order valence-electron chi connectivity index (χ0n) is 23.3. The number of fused-ring (bicyclic) bond motifs is 9. The molecule has 1 heteroatoms. The summed E-state index contributed by atoms with van der Waals surface area (Å²) in [6.07, 6.45) is 0. The molecule has 0 aliphatic carbocycles. The fraction of sp³-hybridized carbons (Fsp3) is 0. The Morgan fingerprint density at radius 1 is 0.372 bits per heavy atom. The topological polar surface area (TPSA) is 0 Å². The predicted octanol–water partition coefficient (Wildman–Crippen LogP) is 12.1. The molecule has 8 aromatic carbocycles. The highest BCUT2D eigenvalue weighted by Gasteiger charge is 2.15. The van der Waals surface area contributed by atoms with Crippen LogP contribution in [0.2, 0.25) is 0 Å². The van der Waals surface area contributed by atoms with Crippen molar-refractivity contribution in [1.29, 1.82) is 0 Å². The Kier molecular flexibility index (Phi) is 5.38. The molecule has 0 saturated carbocycles. The second-order valence-corrected chi connectivity index (χ2v) is 12.1. The van der Waals surface area contributed by atoms with Crippen molar-refractivity contribution in [1.82, 2.24) is 0 Å². The van der Waals surface area contributed by atoms with Crippen LogP contribution in [0, 0.1) is 12.1 Å². The molecule has 43 heavy (non-hydrogen) atoms. The van der Waals surface area contributed by atoms with Gasteiger partial charge in [-0.25, -0.2) is 0 Å². The van der Waals surface area contributed by atoms with Crippen LogP contribution in [-0.2, 0) is 0 Å². The molecular formula is C42H24S. The maximum atomic E-state index is 3.43. The largest absolute Gasteiger partial charge is 0.133 e. The highest BCUT2D eigenvalue weighted by molar-refractivity contribution is 7.26. The second-order valence-electron chi connectivity index (χ2n) is 11.1. The molecule has 0 nitrogen and oxygen atoms in total. The van der Waals surface area contributed by atoms with Gasteiger partial charge in [0.15, 0.2) is 0 Å². The zero-order valence-corrected chi connectivity index (χ0v) is 24.1. The molecule has 0 aliphatic heterocycles. The average Bonchev–Trinajstić information content (AvgIpc) is 3.48. The smallest absolute Gasteiger partial charge is 0.0524 e. The third kappa shape index (κ3) is 3.78. The van der Waals surface area contributed by atoms with E-state index in [0.29, 0.717) is 0 Å². The lowest BCUT2D eigenvalue weighted by molar-refractivity contribution is 1.63. The van der Waals surface area contributed by atoms with Crippen molar-refractivity contribution in [3.63, 3.8) is 0 Å². The Hall–Kier alpha value is -5.42. The van der Waals surface area contributed by atoms with Gasteiger partial charge in [-0.05, 0) is 78.3 Å². The summed E-state index contributed by atoms with van der Waals surface area (Å²) in [4.78, 5) is 0. The SMILES string of the molecule is c1cc(-c2ccccc2)c2sc3c(-c4cccc(-c5ccc6c7ccccc7c7ccccc7c6c5)c4)cccc3c2c#1. The molecule has 0 amide bonds. The molecule has 1 aromatic heterocycles. The zero-order chi connectivity index (χ0) is 28.3. The van der Waals surface area contributed by atoms with E-state index < -0.39 is 0 Å². The van der Waals surface area contributed by atoms with Gasteiger partial charge in [-0.3, -0.25) is 0 Å². The lowest BCUT2D eigenvalue weighted by Crippen LogP contribution is -1.86. The van der Waals surface area contributed by atoms with Gasteiger partial charge in [0.05, 0.1) is 10.1 Å². The minimum absolute atomic E-state index is 1.15. The number of hydrogen-bond acceptors (Lipinski definition) is 1. The first kappa shape index (κ1) is 24.2. The van der Waals surface area contributed by atoms with Gasteiger partial charge in [-0.2, -0.15) is 0 Å². The monoisotopic (exact) mass is 560 g/mol. The van der Waals surface area contributed by atoms with E-state index in [1.165, 1.54) is 80.5 Å². The molecule has 9 rings (SSSR count). The van der Waals surface area contributed by atoms with Gasteiger partial charge >= 0.3 is 0 Å². The summed E-state index contributed by atoms with van der Waals surface area (Å²) in [7, 11) is 0. The Morgan fingerprint density at radius 3 is 1.72 bits per heavy atom. The standard InChI is InChI=1S/C42H24S/c1-2-11-27(12-3-1)31-19-9-21-38-39-22-10-20-32(42(39)43-41(31)38)30-14-8-13-28(25-30)29-23-24-37-35-17-5-4-15-33(35)34-16-6-7-18-36(34)40(37)26-29/h1-8,10-20,22-26H. The lowest BCUT2D eigenvalue weighted by atomic mass is 9.91. The molecule has 9 aromatic rings. The van der Waals surface area contributed by atoms with Crippen molar-refractivity contribution in [2.24, 2.45) is 0 Å². The molecule has 0 spiro atoms. The van der Waals surface area contributed by atoms with E-state index in [-0.39, 0.29) is 0 Å². The van der Waals surface area contributed by atoms with Crippen LogP contribution in [0.15, 0.2) is 146 Å². The summed E-state index contributed by atoms with van der Waals surface area (Å²) in [5.74, 6) is 0. The van der Waals surface area contributed by atoms with Crippen molar-refractivity contribution in [3.8, 4) is 33.4 Å². The summed E-state index contributed by atoms with van der Waals surface area (Å²) in [5, 5.41) is 10.2. The first-order chi connectivity index (χ1) is 21.3. The van der Waals surface area contributed by atoms with Crippen molar-refractivity contribution in [2.45, 2.75) is 0 Å². The van der Waals surface area contributed by atoms with Gasteiger partial charge in [-0.1, -0.05) is 140 Å². The van der Waals surface area contributed by atoms with Crippen LogP contribution in [0.3, 0.4) is 0 Å². The van der Waals surface area contributed by atoms with Crippen LogP contribution in [0.4, 0.5) is 0 Å². The molecule has 1 heterocycles. The van der Waals surface area contributed by atoms with Gasteiger partial charge in [0.2, 0.25) is 0 Å². The number of rotatable bonds is 3. The highest BCUT2D eigenvalue weighted by atomic mass is 32.1. The van der Waals surface area contributed by atoms with E-state index in [2.05, 4.69) is 158 Å². The molecule has 0 bridgehead atoms.